The molecule has 0 atom stereocenters. The molecule has 0 spiro atoms. The molecule has 0 aromatic heterocycles. The number of benzene rings is 1. The van der Waals surface area contributed by atoms with E-state index in [-0.39, 0.29) is 22.4 Å². The van der Waals surface area contributed by atoms with Crippen molar-refractivity contribution < 1.29 is 18.3 Å². The molecule has 17 heavy (non-hydrogen) atoms. The summed E-state index contributed by atoms with van der Waals surface area (Å²) in [5, 5.41) is 5.49. The predicted molar refractivity (Wildman–Crippen MR) is 63.9 cm³/mol. The summed E-state index contributed by atoms with van der Waals surface area (Å²) in [6.07, 6.45) is 0. The first kappa shape index (κ1) is 14.8. The zero-order valence-corrected chi connectivity index (χ0v) is 11.2. The molecule has 0 heterocycles. The van der Waals surface area contributed by atoms with Gasteiger partial charge in [0.05, 0.1) is 0 Å². The molecule has 7 heteroatoms. The number of halogens is 5. The number of rotatable bonds is 3. The Kier molecular flexibility index (Phi) is 4.16. The second-order valence-corrected chi connectivity index (χ2v) is 5.95. The van der Waals surface area contributed by atoms with Crippen molar-refractivity contribution in [2.45, 2.75) is 28.6 Å². The van der Waals surface area contributed by atoms with Gasteiger partial charge >= 0.3 is 9.84 Å². The maximum Gasteiger partial charge on any atom is 0.359 e. The van der Waals surface area contributed by atoms with E-state index in [1.807, 2.05) is 0 Å². The molecule has 96 valence electrons. The molecule has 0 aliphatic carbocycles. The second-order valence-electron chi connectivity index (χ2n) is 3.52. The van der Waals surface area contributed by atoms with Gasteiger partial charge in [-0.15, -0.1) is 0 Å². The Hall–Kier alpha value is -0.260. The first-order chi connectivity index (χ1) is 7.54. The molecule has 1 aromatic carbocycles. The van der Waals surface area contributed by atoms with Crippen LogP contribution in [-0.4, -0.2) is 14.9 Å². The fourth-order valence-corrected chi connectivity index (χ4v) is 2.30. The number of hydrogen-bond donors (Lipinski definition) is 1. The van der Waals surface area contributed by atoms with Crippen molar-refractivity contribution in [3.63, 3.8) is 0 Å². The molecular formula is C10H9Cl2F3OS. The normalized spacial score (nSPS) is 12.9. The van der Waals surface area contributed by atoms with Gasteiger partial charge in [-0.3, -0.25) is 0 Å². The van der Waals surface area contributed by atoms with Crippen LogP contribution in [0.1, 0.15) is 11.1 Å². The van der Waals surface area contributed by atoms with Crippen LogP contribution in [0.15, 0.2) is 17.0 Å². The number of phenolic OH excluding ortho intramolecular Hbond substituents is 1. The van der Waals surface area contributed by atoms with Gasteiger partial charge in [0.2, 0.25) is 0 Å². The third-order valence-corrected chi connectivity index (χ3v) is 3.75. The molecule has 1 aromatic rings. The molecule has 0 aliphatic heterocycles. The number of aromatic hydroxyl groups is 1. The molecule has 0 bridgehead atoms. The Morgan fingerprint density at radius 3 is 1.88 bits per heavy atom. The fourth-order valence-electron chi connectivity index (χ4n) is 1.18. The molecule has 1 rings (SSSR count). The maximum atomic E-state index is 13.2. The minimum atomic E-state index is -3.98. The minimum Gasteiger partial charge on any atom is -0.507 e. The van der Waals surface area contributed by atoms with Gasteiger partial charge in [-0.2, -0.15) is 13.2 Å². The molecule has 0 unspecified atom stereocenters. The number of thioether (sulfide) groups is 1. The molecule has 0 radical (unpaired) electrons. The van der Waals surface area contributed by atoms with Crippen molar-refractivity contribution in [2.24, 2.45) is 0 Å². The molecule has 0 fully saturated rings. The maximum absolute atomic E-state index is 13.2. The predicted octanol–water partition coefficient (Wildman–Crippen LogP) is 4.79. The first-order valence-corrected chi connectivity index (χ1v) is 6.05. The number of phenols is 1. The van der Waals surface area contributed by atoms with Gasteiger partial charge in [0.25, 0.3) is 0 Å². The van der Waals surface area contributed by atoms with E-state index in [1.165, 1.54) is 12.1 Å². The van der Waals surface area contributed by atoms with Crippen LogP contribution in [0.4, 0.5) is 13.2 Å². The summed E-state index contributed by atoms with van der Waals surface area (Å²) in [6.45, 7) is 3.10. The van der Waals surface area contributed by atoms with Crippen LogP contribution in [0, 0.1) is 13.8 Å². The monoisotopic (exact) mass is 304 g/mol. The van der Waals surface area contributed by atoms with Crippen LogP contribution < -0.4 is 0 Å². The van der Waals surface area contributed by atoms with Crippen LogP contribution in [-0.2, 0) is 0 Å². The summed E-state index contributed by atoms with van der Waals surface area (Å²) in [5.41, 5.74) is 0.828. The van der Waals surface area contributed by atoms with E-state index in [1.54, 1.807) is 13.8 Å². The van der Waals surface area contributed by atoms with E-state index in [4.69, 9.17) is 23.2 Å². The van der Waals surface area contributed by atoms with Crippen molar-refractivity contribution >= 4 is 35.0 Å². The van der Waals surface area contributed by atoms with Crippen molar-refractivity contribution in [1.29, 1.82) is 0 Å². The summed E-state index contributed by atoms with van der Waals surface area (Å²) in [4.78, 5) is 0.0751. The lowest BCUT2D eigenvalue weighted by Crippen LogP contribution is -2.30. The van der Waals surface area contributed by atoms with Gasteiger partial charge in [-0.25, -0.2) is 0 Å². The average Bonchev–Trinajstić information content (AvgIpc) is 2.11. The quantitative estimate of drug-likeness (QED) is 0.639. The Labute approximate surface area is 111 Å². The highest BCUT2D eigenvalue weighted by molar-refractivity contribution is 8.00. The highest BCUT2D eigenvalue weighted by Crippen LogP contribution is 2.50. The van der Waals surface area contributed by atoms with E-state index in [0.717, 1.165) is 0 Å². The Balaban J connectivity index is 3.05. The van der Waals surface area contributed by atoms with Crippen molar-refractivity contribution in [3.8, 4) is 5.75 Å². The van der Waals surface area contributed by atoms with Gasteiger partial charge in [-0.1, -0.05) is 23.2 Å². The topological polar surface area (TPSA) is 20.2 Å². The molecular weight excluding hydrogens is 296 g/mol. The average molecular weight is 305 g/mol. The molecule has 1 nitrogen and oxygen atoms in total. The molecule has 0 amide bonds. The summed E-state index contributed by atoms with van der Waals surface area (Å²) in [7, 11) is 0. The third kappa shape index (κ3) is 3.36. The highest BCUT2D eigenvalue weighted by atomic mass is 35.5. The van der Waals surface area contributed by atoms with E-state index in [9.17, 15) is 18.3 Å². The highest BCUT2D eigenvalue weighted by Gasteiger charge is 2.53. The smallest absolute Gasteiger partial charge is 0.359 e. The summed E-state index contributed by atoms with van der Waals surface area (Å²) in [6, 6.07) is 2.61. The van der Waals surface area contributed by atoms with E-state index in [2.05, 4.69) is 0 Å². The summed E-state index contributed by atoms with van der Waals surface area (Å²) in [5.74, 6) is 0.0147. The van der Waals surface area contributed by atoms with Crippen LogP contribution in [0.25, 0.3) is 0 Å². The first-order valence-electron chi connectivity index (χ1n) is 4.48. The lowest BCUT2D eigenvalue weighted by Gasteiger charge is -2.22. The van der Waals surface area contributed by atoms with E-state index < -0.39 is 9.84 Å². The Bertz CT molecular complexity index is 409. The standard InChI is InChI=1S/C10H9Cl2F3OS/c1-5-3-7(4-6(2)8(5)16)17-10(14,15)9(11,12)13/h3-4,16H,1-2H3. The van der Waals surface area contributed by atoms with Crippen LogP contribution >= 0.6 is 35.0 Å². The lowest BCUT2D eigenvalue weighted by molar-refractivity contribution is 0.0325. The van der Waals surface area contributed by atoms with E-state index in [0.29, 0.717) is 11.1 Å². The largest absolute Gasteiger partial charge is 0.507 e. The van der Waals surface area contributed by atoms with Gasteiger partial charge in [0.1, 0.15) is 5.75 Å². The summed E-state index contributed by atoms with van der Waals surface area (Å²) >= 11 is 9.43. The lowest BCUT2D eigenvalue weighted by atomic mass is 10.1. The number of aryl methyl sites for hydroxylation is 2. The van der Waals surface area contributed by atoms with Crippen LogP contribution in [0.5, 0.6) is 5.75 Å². The third-order valence-electron chi connectivity index (χ3n) is 2.04. The van der Waals surface area contributed by atoms with Crippen molar-refractivity contribution in [3.05, 3.63) is 23.3 Å². The minimum absolute atomic E-state index is 0.0147. The molecule has 0 saturated heterocycles. The van der Waals surface area contributed by atoms with Crippen molar-refractivity contribution in [2.75, 3.05) is 0 Å². The van der Waals surface area contributed by atoms with Gasteiger partial charge in [-0.05, 0) is 48.9 Å². The summed E-state index contributed by atoms with van der Waals surface area (Å²) < 4.78 is 35.7. The Morgan fingerprint density at radius 2 is 1.53 bits per heavy atom. The van der Waals surface area contributed by atoms with Crippen molar-refractivity contribution in [1.82, 2.24) is 0 Å². The zero-order chi connectivity index (χ0) is 13.4. The second kappa shape index (κ2) is 4.78. The van der Waals surface area contributed by atoms with Crippen LogP contribution in [0.3, 0.4) is 0 Å². The zero-order valence-electron chi connectivity index (χ0n) is 8.90. The van der Waals surface area contributed by atoms with Gasteiger partial charge in [0.15, 0.2) is 0 Å². The fraction of sp³-hybridized carbons (Fsp3) is 0.400. The molecule has 0 aliphatic rings. The van der Waals surface area contributed by atoms with Gasteiger partial charge < -0.3 is 5.11 Å². The Morgan fingerprint density at radius 1 is 1.12 bits per heavy atom. The van der Waals surface area contributed by atoms with Crippen LogP contribution in [0.2, 0.25) is 0 Å². The van der Waals surface area contributed by atoms with Gasteiger partial charge in [0, 0.05) is 4.90 Å². The number of alkyl halides is 5. The molecule has 0 saturated carbocycles. The number of hydrogen-bond acceptors (Lipinski definition) is 2. The van der Waals surface area contributed by atoms with E-state index >= 15 is 0 Å². The molecule has 1 N–H and O–H groups in total. The SMILES string of the molecule is Cc1cc(SC(F)(F)C(F)(Cl)Cl)cc(C)c1O.